The molecule has 2 heterocycles. The third-order valence-corrected chi connectivity index (χ3v) is 6.49. The van der Waals surface area contributed by atoms with Gasteiger partial charge in [-0.3, -0.25) is 9.89 Å². The summed E-state index contributed by atoms with van der Waals surface area (Å²) in [6.07, 6.45) is 4.41. The molecule has 0 fully saturated rings. The van der Waals surface area contributed by atoms with Gasteiger partial charge in [-0.05, 0) is 49.8 Å². The first-order chi connectivity index (χ1) is 14.0. The maximum absolute atomic E-state index is 12.9. The molecule has 4 rings (SSSR count). The van der Waals surface area contributed by atoms with Gasteiger partial charge in [-0.1, -0.05) is 25.1 Å². The summed E-state index contributed by atoms with van der Waals surface area (Å²) in [4.78, 5) is 31.1. The number of carbonyl (C=O) groups excluding carboxylic acids is 1. The summed E-state index contributed by atoms with van der Waals surface area (Å²) < 4.78 is 6.51. The van der Waals surface area contributed by atoms with E-state index >= 15 is 0 Å². The second-order valence-corrected chi connectivity index (χ2v) is 8.49. The van der Waals surface area contributed by atoms with E-state index in [0.29, 0.717) is 22.0 Å². The van der Waals surface area contributed by atoms with Gasteiger partial charge in [0, 0.05) is 16.8 Å². The number of aryl methyl sites for hydroxylation is 1. The molecule has 1 aliphatic rings. The number of carbonyl (C=O) groups is 1. The van der Waals surface area contributed by atoms with Crippen molar-refractivity contribution in [3.05, 3.63) is 67.9 Å². The molecule has 1 N–H and O–H groups in total. The van der Waals surface area contributed by atoms with E-state index in [0.717, 1.165) is 36.2 Å². The Morgan fingerprint density at radius 1 is 1.34 bits per heavy atom. The van der Waals surface area contributed by atoms with Crippen LogP contribution in [0.15, 0.2) is 40.1 Å². The van der Waals surface area contributed by atoms with Crippen molar-refractivity contribution < 1.29 is 9.53 Å². The van der Waals surface area contributed by atoms with Crippen molar-refractivity contribution in [2.45, 2.75) is 33.1 Å². The highest BCUT2D eigenvalue weighted by molar-refractivity contribution is 7.16. The number of benzene rings is 1. The standard InChI is InChI=1S/C22H23N3O3S/c1-13-9-10-16-18(11-13)29-20(19(16)22(27)28-3)23-12-17-14(2)24-25(21(17)26)15-7-5-4-6-8-15/h4-8,12-13,24H,9-11H2,1-3H3. The molecule has 0 spiro atoms. The number of rotatable bonds is 4. The van der Waals surface area contributed by atoms with E-state index in [9.17, 15) is 9.59 Å². The Bertz CT molecular complexity index is 1140. The molecule has 1 aromatic carbocycles. The normalized spacial score (nSPS) is 16.2. The van der Waals surface area contributed by atoms with E-state index in [4.69, 9.17) is 4.74 Å². The third kappa shape index (κ3) is 3.58. The Hall–Kier alpha value is -2.93. The van der Waals surface area contributed by atoms with Gasteiger partial charge >= 0.3 is 5.97 Å². The second kappa shape index (κ2) is 7.83. The van der Waals surface area contributed by atoms with Gasteiger partial charge in [0.25, 0.3) is 5.56 Å². The number of methoxy groups -OCH3 is 1. The Morgan fingerprint density at radius 2 is 2.10 bits per heavy atom. The van der Waals surface area contributed by atoms with Gasteiger partial charge in [-0.15, -0.1) is 11.3 Å². The summed E-state index contributed by atoms with van der Waals surface area (Å²) >= 11 is 1.53. The average Bonchev–Trinajstić information content (AvgIpc) is 3.22. The molecule has 7 heteroatoms. The van der Waals surface area contributed by atoms with Crippen LogP contribution >= 0.6 is 11.3 Å². The van der Waals surface area contributed by atoms with E-state index in [1.54, 1.807) is 6.21 Å². The van der Waals surface area contributed by atoms with E-state index in [2.05, 4.69) is 17.0 Å². The minimum atomic E-state index is -0.364. The highest BCUT2D eigenvalue weighted by atomic mass is 32.1. The molecule has 6 nitrogen and oxygen atoms in total. The Morgan fingerprint density at radius 3 is 2.83 bits per heavy atom. The van der Waals surface area contributed by atoms with Crippen LogP contribution in [0.4, 0.5) is 5.00 Å². The SMILES string of the molecule is COC(=O)c1c(N=Cc2c(C)[nH]n(-c3ccccc3)c2=O)sc2c1CCC(C)C2. The third-order valence-electron chi connectivity index (χ3n) is 5.32. The summed E-state index contributed by atoms with van der Waals surface area (Å²) in [7, 11) is 1.39. The molecular formula is C22H23N3O3S. The van der Waals surface area contributed by atoms with Crippen molar-refractivity contribution >= 4 is 28.5 Å². The largest absolute Gasteiger partial charge is 0.465 e. The fourth-order valence-corrected chi connectivity index (χ4v) is 5.08. The number of aromatic nitrogens is 2. The van der Waals surface area contributed by atoms with Crippen molar-refractivity contribution in [3.8, 4) is 5.69 Å². The van der Waals surface area contributed by atoms with Crippen molar-refractivity contribution in [3.63, 3.8) is 0 Å². The zero-order valence-corrected chi connectivity index (χ0v) is 17.5. The number of H-pyrrole nitrogens is 1. The maximum Gasteiger partial charge on any atom is 0.341 e. The van der Waals surface area contributed by atoms with Gasteiger partial charge in [-0.2, -0.15) is 0 Å². The van der Waals surface area contributed by atoms with Gasteiger partial charge < -0.3 is 4.74 Å². The zero-order valence-electron chi connectivity index (χ0n) is 16.7. The van der Waals surface area contributed by atoms with Crippen LogP contribution in [0.25, 0.3) is 5.69 Å². The molecule has 0 bridgehead atoms. The van der Waals surface area contributed by atoms with Gasteiger partial charge in [0.15, 0.2) is 0 Å². The lowest BCUT2D eigenvalue weighted by molar-refractivity contribution is 0.0600. The van der Waals surface area contributed by atoms with E-state index < -0.39 is 0 Å². The summed E-state index contributed by atoms with van der Waals surface area (Å²) in [5, 5.41) is 3.71. The van der Waals surface area contributed by atoms with Crippen LogP contribution in [0.2, 0.25) is 0 Å². The predicted octanol–water partition coefficient (Wildman–Crippen LogP) is 4.20. The molecule has 1 atom stereocenters. The first kappa shape index (κ1) is 19.4. The van der Waals surface area contributed by atoms with Crippen LogP contribution in [0, 0.1) is 12.8 Å². The van der Waals surface area contributed by atoms with Crippen molar-refractivity contribution in [1.82, 2.24) is 9.78 Å². The first-order valence-electron chi connectivity index (χ1n) is 9.63. The van der Waals surface area contributed by atoms with Gasteiger partial charge in [0.1, 0.15) is 5.00 Å². The van der Waals surface area contributed by atoms with Crippen molar-refractivity contribution in [2.75, 3.05) is 7.11 Å². The molecule has 1 unspecified atom stereocenters. The Labute approximate surface area is 172 Å². The number of fused-ring (bicyclic) bond motifs is 1. The Balaban J connectivity index is 1.75. The minimum Gasteiger partial charge on any atom is -0.465 e. The zero-order chi connectivity index (χ0) is 20.5. The molecule has 150 valence electrons. The van der Waals surface area contributed by atoms with E-state index in [1.165, 1.54) is 28.0 Å². The quantitative estimate of drug-likeness (QED) is 0.518. The smallest absolute Gasteiger partial charge is 0.341 e. The topological polar surface area (TPSA) is 76.4 Å². The molecule has 1 aliphatic carbocycles. The number of aromatic amines is 1. The van der Waals surface area contributed by atoms with E-state index in [-0.39, 0.29) is 11.5 Å². The number of hydrogen-bond donors (Lipinski definition) is 1. The lowest BCUT2D eigenvalue weighted by atomic mass is 9.88. The molecule has 2 aromatic heterocycles. The van der Waals surface area contributed by atoms with Gasteiger partial charge in [0.2, 0.25) is 0 Å². The van der Waals surface area contributed by atoms with Gasteiger partial charge in [0.05, 0.1) is 23.9 Å². The summed E-state index contributed by atoms with van der Waals surface area (Å²) in [5.74, 6) is 0.227. The number of hydrogen-bond acceptors (Lipinski definition) is 5. The van der Waals surface area contributed by atoms with Crippen LogP contribution < -0.4 is 5.56 Å². The first-order valence-corrected chi connectivity index (χ1v) is 10.4. The number of nitrogens with one attached hydrogen (secondary N) is 1. The summed E-state index contributed by atoms with van der Waals surface area (Å²) in [5.41, 5.74) is 3.39. The van der Waals surface area contributed by atoms with Crippen LogP contribution in [0.1, 0.15) is 45.4 Å². The lowest BCUT2D eigenvalue weighted by Crippen LogP contribution is -2.17. The molecule has 0 saturated carbocycles. The lowest BCUT2D eigenvalue weighted by Gasteiger charge is -2.18. The van der Waals surface area contributed by atoms with Gasteiger partial charge in [-0.25, -0.2) is 14.5 Å². The number of nitrogens with zero attached hydrogens (tertiary/aromatic N) is 2. The van der Waals surface area contributed by atoms with Crippen LogP contribution in [0.5, 0.6) is 0 Å². The predicted molar refractivity (Wildman–Crippen MR) is 115 cm³/mol. The van der Waals surface area contributed by atoms with E-state index in [1.807, 2.05) is 37.3 Å². The maximum atomic E-state index is 12.9. The van der Waals surface area contributed by atoms with Crippen LogP contribution in [-0.2, 0) is 17.6 Å². The number of ether oxygens (including phenoxy) is 1. The molecule has 0 amide bonds. The molecule has 29 heavy (non-hydrogen) atoms. The highest BCUT2D eigenvalue weighted by Gasteiger charge is 2.28. The highest BCUT2D eigenvalue weighted by Crippen LogP contribution is 2.41. The van der Waals surface area contributed by atoms with Crippen molar-refractivity contribution in [2.24, 2.45) is 10.9 Å². The molecular weight excluding hydrogens is 386 g/mol. The molecule has 0 saturated heterocycles. The molecule has 0 radical (unpaired) electrons. The Kier molecular flexibility index (Phi) is 5.24. The minimum absolute atomic E-state index is 0.174. The molecule has 0 aliphatic heterocycles. The summed E-state index contributed by atoms with van der Waals surface area (Å²) in [6.45, 7) is 4.06. The van der Waals surface area contributed by atoms with Crippen molar-refractivity contribution in [1.29, 1.82) is 0 Å². The monoisotopic (exact) mass is 409 g/mol. The molecule has 3 aromatic rings. The number of esters is 1. The van der Waals surface area contributed by atoms with Crippen LogP contribution in [-0.4, -0.2) is 29.1 Å². The fourth-order valence-electron chi connectivity index (χ4n) is 3.73. The number of para-hydroxylation sites is 1. The summed E-state index contributed by atoms with van der Waals surface area (Å²) in [6, 6.07) is 9.39. The number of aliphatic imine (C=N–C) groups is 1. The second-order valence-electron chi connectivity index (χ2n) is 7.41. The van der Waals surface area contributed by atoms with Crippen LogP contribution in [0.3, 0.4) is 0 Å². The average molecular weight is 410 g/mol. The fraction of sp³-hybridized carbons (Fsp3) is 0.318. The number of thiophene rings is 1.